The molecule has 5 heteroatoms. The third kappa shape index (κ3) is 3.27. The Morgan fingerprint density at radius 2 is 2.11 bits per heavy atom. The monoisotopic (exact) mass is 255 g/mol. The van der Waals surface area contributed by atoms with E-state index in [-0.39, 0.29) is 12.1 Å². The van der Waals surface area contributed by atoms with E-state index >= 15 is 0 Å². The molecule has 0 unspecified atom stereocenters. The molecular formula is C13H12F3NO. The molecule has 1 aromatic carbocycles. The molecule has 0 aliphatic rings. The average Bonchev–Trinajstić information content (AvgIpc) is 2.34. The summed E-state index contributed by atoms with van der Waals surface area (Å²) in [5, 5.41) is 0. The molecule has 0 aliphatic carbocycles. The summed E-state index contributed by atoms with van der Waals surface area (Å²) in [4.78, 5) is 13.2. The lowest BCUT2D eigenvalue weighted by Gasteiger charge is -2.18. The predicted octanol–water partition coefficient (Wildman–Crippen LogP) is 2.80. The fourth-order valence-electron chi connectivity index (χ4n) is 1.45. The zero-order chi connectivity index (χ0) is 13.8. The number of halogens is 3. The van der Waals surface area contributed by atoms with Gasteiger partial charge in [0.05, 0.1) is 12.1 Å². The molecule has 0 saturated heterocycles. The van der Waals surface area contributed by atoms with E-state index in [9.17, 15) is 18.0 Å². The average molecular weight is 255 g/mol. The van der Waals surface area contributed by atoms with Gasteiger partial charge in [0, 0.05) is 12.1 Å². The Hall–Kier alpha value is -1.96. The SMILES string of the molecule is C#CCN(CC)C(=O)c1cccc(C(F)(F)F)c1. The molecular weight excluding hydrogens is 243 g/mol. The summed E-state index contributed by atoms with van der Waals surface area (Å²) < 4.78 is 37.5. The number of terminal acetylenes is 1. The molecule has 1 rings (SSSR count). The van der Waals surface area contributed by atoms with Crippen molar-refractivity contribution in [3.63, 3.8) is 0 Å². The first kappa shape index (κ1) is 14.1. The molecule has 2 nitrogen and oxygen atoms in total. The highest BCUT2D eigenvalue weighted by Gasteiger charge is 2.31. The summed E-state index contributed by atoms with van der Waals surface area (Å²) >= 11 is 0. The molecule has 0 fully saturated rings. The van der Waals surface area contributed by atoms with Gasteiger partial charge in [0.1, 0.15) is 0 Å². The number of hydrogen-bond donors (Lipinski definition) is 0. The van der Waals surface area contributed by atoms with Crippen LogP contribution in [0.1, 0.15) is 22.8 Å². The molecule has 0 aromatic heterocycles. The molecule has 0 heterocycles. The maximum Gasteiger partial charge on any atom is 0.416 e. The van der Waals surface area contributed by atoms with E-state index < -0.39 is 17.6 Å². The van der Waals surface area contributed by atoms with Crippen LogP contribution in [0.15, 0.2) is 24.3 Å². The molecule has 18 heavy (non-hydrogen) atoms. The van der Waals surface area contributed by atoms with E-state index in [4.69, 9.17) is 6.42 Å². The fourth-order valence-corrected chi connectivity index (χ4v) is 1.45. The molecule has 1 aromatic rings. The van der Waals surface area contributed by atoms with Gasteiger partial charge in [-0.3, -0.25) is 4.79 Å². The van der Waals surface area contributed by atoms with Gasteiger partial charge in [-0.1, -0.05) is 12.0 Å². The number of amides is 1. The molecule has 0 aliphatic heterocycles. The molecule has 0 bridgehead atoms. The summed E-state index contributed by atoms with van der Waals surface area (Å²) in [6.07, 6.45) is 0.637. The summed E-state index contributed by atoms with van der Waals surface area (Å²) in [6.45, 7) is 2.13. The minimum atomic E-state index is -4.46. The maximum absolute atomic E-state index is 12.5. The van der Waals surface area contributed by atoms with Gasteiger partial charge in [-0.25, -0.2) is 0 Å². The number of alkyl halides is 3. The Bertz CT molecular complexity index is 474. The standard InChI is InChI=1S/C13H12F3NO/c1-3-8-17(4-2)12(18)10-6-5-7-11(9-10)13(14,15)16/h1,5-7,9H,4,8H2,2H3. The van der Waals surface area contributed by atoms with Gasteiger partial charge in [-0.15, -0.1) is 6.42 Å². The Kier molecular flexibility index (Phi) is 4.38. The number of rotatable bonds is 3. The van der Waals surface area contributed by atoms with Crippen molar-refractivity contribution < 1.29 is 18.0 Å². The first-order valence-electron chi connectivity index (χ1n) is 5.30. The van der Waals surface area contributed by atoms with Crippen molar-refractivity contribution in [1.29, 1.82) is 0 Å². The van der Waals surface area contributed by atoms with Crippen LogP contribution in [-0.2, 0) is 6.18 Å². The Morgan fingerprint density at radius 1 is 1.44 bits per heavy atom. The second kappa shape index (κ2) is 5.58. The van der Waals surface area contributed by atoms with Gasteiger partial charge in [0.2, 0.25) is 0 Å². The molecule has 0 N–H and O–H groups in total. The number of benzene rings is 1. The van der Waals surface area contributed by atoms with Gasteiger partial charge in [0.15, 0.2) is 0 Å². The Labute approximate surface area is 103 Å². The van der Waals surface area contributed by atoms with Crippen LogP contribution in [0.4, 0.5) is 13.2 Å². The second-order valence-electron chi connectivity index (χ2n) is 3.60. The van der Waals surface area contributed by atoms with Crippen LogP contribution in [0.2, 0.25) is 0 Å². The number of nitrogens with zero attached hydrogens (tertiary/aromatic N) is 1. The van der Waals surface area contributed by atoms with Gasteiger partial charge in [-0.05, 0) is 25.1 Å². The van der Waals surface area contributed by atoms with Crippen LogP contribution < -0.4 is 0 Å². The van der Waals surface area contributed by atoms with E-state index in [0.717, 1.165) is 12.1 Å². The third-order valence-corrected chi connectivity index (χ3v) is 2.39. The number of carbonyl (C=O) groups excluding carboxylic acids is 1. The first-order chi connectivity index (χ1) is 8.40. The van der Waals surface area contributed by atoms with Crippen LogP contribution in [-0.4, -0.2) is 23.9 Å². The second-order valence-corrected chi connectivity index (χ2v) is 3.60. The van der Waals surface area contributed by atoms with E-state index in [1.807, 2.05) is 0 Å². The predicted molar refractivity (Wildman–Crippen MR) is 61.9 cm³/mol. The van der Waals surface area contributed by atoms with Crippen molar-refractivity contribution in [2.75, 3.05) is 13.1 Å². The highest BCUT2D eigenvalue weighted by molar-refractivity contribution is 5.94. The van der Waals surface area contributed by atoms with Gasteiger partial charge in [-0.2, -0.15) is 13.2 Å². The molecule has 0 atom stereocenters. The molecule has 0 radical (unpaired) electrons. The lowest BCUT2D eigenvalue weighted by atomic mass is 10.1. The fraction of sp³-hybridized carbons (Fsp3) is 0.308. The minimum Gasteiger partial charge on any atom is -0.328 e. The summed E-state index contributed by atoms with van der Waals surface area (Å²) in [6, 6.07) is 4.31. The normalized spacial score (nSPS) is 10.8. The van der Waals surface area contributed by atoms with Crippen LogP contribution in [0.5, 0.6) is 0 Å². The Balaban J connectivity index is 3.04. The topological polar surface area (TPSA) is 20.3 Å². The van der Waals surface area contributed by atoms with Crippen LogP contribution in [0.3, 0.4) is 0 Å². The van der Waals surface area contributed by atoms with Crippen molar-refractivity contribution in [3.05, 3.63) is 35.4 Å². The quantitative estimate of drug-likeness (QED) is 0.760. The lowest BCUT2D eigenvalue weighted by Crippen LogP contribution is -2.31. The van der Waals surface area contributed by atoms with Crippen LogP contribution in [0, 0.1) is 12.3 Å². The van der Waals surface area contributed by atoms with Crippen molar-refractivity contribution in [2.45, 2.75) is 13.1 Å². The maximum atomic E-state index is 12.5. The zero-order valence-electron chi connectivity index (χ0n) is 9.79. The van der Waals surface area contributed by atoms with Crippen molar-refractivity contribution in [3.8, 4) is 12.3 Å². The van der Waals surface area contributed by atoms with Crippen molar-refractivity contribution in [1.82, 2.24) is 4.90 Å². The summed E-state index contributed by atoms with van der Waals surface area (Å²) in [5.41, 5.74) is -0.855. The van der Waals surface area contributed by atoms with Gasteiger partial charge < -0.3 is 4.90 Å². The highest BCUT2D eigenvalue weighted by Crippen LogP contribution is 2.29. The van der Waals surface area contributed by atoms with Crippen LogP contribution in [0.25, 0.3) is 0 Å². The van der Waals surface area contributed by atoms with Crippen LogP contribution >= 0.6 is 0 Å². The van der Waals surface area contributed by atoms with Crippen molar-refractivity contribution in [2.24, 2.45) is 0 Å². The van der Waals surface area contributed by atoms with Gasteiger partial charge >= 0.3 is 6.18 Å². The molecule has 1 amide bonds. The number of hydrogen-bond acceptors (Lipinski definition) is 1. The smallest absolute Gasteiger partial charge is 0.328 e. The van der Waals surface area contributed by atoms with E-state index in [1.54, 1.807) is 6.92 Å². The number of carbonyl (C=O) groups is 1. The zero-order valence-corrected chi connectivity index (χ0v) is 9.79. The van der Waals surface area contributed by atoms with E-state index in [2.05, 4.69) is 5.92 Å². The van der Waals surface area contributed by atoms with E-state index in [0.29, 0.717) is 6.54 Å². The summed E-state index contributed by atoms with van der Waals surface area (Å²) in [5.74, 6) is 1.80. The van der Waals surface area contributed by atoms with E-state index in [1.165, 1.54) is 17.0 Å². The minimum absolute atomic E-state index is 0.0121. The van der Waals surface area contributed by atoms with Gasteiger partial charge in [0.25, 0.3) is 5.91 Å². The highest BCUT2D eigenvalue weighted by atomic mass is 19.4. The third-order valence-electron chi connectivity index (χ3n) is 2.39. The summed E-state index contributed by atoms with van der Waals surface area (Å²) in [7, 11) is 0. The molecule has 0 saturated carbocycles. The molecule has 96 valence electrons. The first-order valence-corrected chi connectivity index (χ1v) is 5.30. The largest absolute Gasteiger partial charge is 0.416 e. The lowest BCUT2D eigenvalue weighted by molar-refractivity contribution is -0.137. The van der Waals surface area contributed by atoms with Crippen molar-refractivity contribution >= 4 is 5.91 Å². The molecule has 0 spiro atoms. The Morgan fingerprint density at radius 3 is 2.61 bits per heavy atom.